The van der Waals surface area contributed by atoms with Gasteiger partial charge in [0.1, 0.15) is 4.90 Å². The number of sulfonamides is 1. The van der Waals surface area contributed by atoms with Gasteiger partial charge in [0.2, 0.25) is 0 Å². The highest BCUT2D eigenvalue weighted by Crippen LogP contribution is 2.24. The highest BCUT2D eigenvalue weighted by atomic mass is 32.2. The average Bonchev–Trinajstić information content (AvgIpc) is 2.86. The quantitative estimate of drug-likeness (QED) is 0.465. The summed E-state index contributed by atoms with van der Waals surface area (Å²) in [5.41, 5.74) is 3.45. The van der Waals surface area contributed by atoms with E-state index in [1.165, 1.54) is 5.69 Å². The number of fused-ring (bicyclic) bond motifs is 1. The Hall–Kier alpha value is -3.42. The Labute approximate surface area is 194 Å². The summed E-state index contributed by atoms with van der Waals surface area (Å²) < 4.78 is 28.7. The van der Waals surface area contributed by atoms with E-state index in [2.05, 4.69) is 43.8 Å². The topological polar surface area (TPSA) is 65.5 Å². The lowest BCUT2D eigenvalue weighted by molar-refractivity contribution is 0.250. The Morgan fingerprint density at radius 2 is 1.52 bits per heavy atom. The zero-order valence-corrected chi connectivity index (χ0v) is 19.1. The maximum Gasteiger partial charge on any atom is 0.264 e. The number of rotatable bonds is 6. The van der Waals surface area contributed by atoms with Crippen LogP contribution in [-0.2, 0) is 16.6 Å². The van der Waals surface area contributed by atoms with Crippen LogP contribution in [0.1, 0.15) is 5.56 Å². The van der Waals surface area contributed by atoms with Gasteiger partial charge in [-0.1, -0.05) is 48.5 Å². The molecule has 0 atom stereocenters. The summed E-state index contributed by atoms with van der Waals surface area (Å²) in [6.07, 6.45) is 1.61. The first-order valence-electron chi connectivity index (χ1n) is 11.1. The molecule has 4 aromatic rings. The van der Waals surface area contributed by atoms with Crippen molar-refractivity contribution in [2.75, 3.05) is 35.8 Å². The van der Waals surface area contributed by atoms with E-state index in [-0.39, 0.29) is 4.90 Å². The fourth-order valence-corrected chi connectivity index (χ4v) is 5.48. The van der Waals surface area contributed by atoms with Crippen molar-refractivity contribution < 1.29 is 8.42 Å². The van der Waals surface area contributed by atoms with E-state index < -0.39 is 10.0 Å². The molecule has 0 amide bonds. The maximum atomic E-state index is 13.0. The van der Waals surface area contributed by atoms with Crippen LogP contribution in [0.4, 0.5) is 11.4 Å². The molecule has 5 rings (SSSR count). The van der Waals surface area contributed by atoms with Crippen molar-refractivity contribution >= 4 is 32.3 Å². The number of pyridine rings is 1. The van der Waals surface area contributed by atoms with Crippen molar-refractivity contribution in [1.82, 2.24) is 9.88 Å². The number of hydrogen-bond acceptors (Lipinski definition) is 5. The summed E-state index contributed by atoms with van der Waals surface area (Å²) in [5.74, 6) is 0. The summed E-state index contributed by atoms with van der Waals surface area (Å²) >= 11 is 0. The van der Waals surface area contributed by atoms with Gasteiger partial charge in [-0.05, 0) is 42.0 Å². The average molecular weight is 459 g/mol. The molecule has 0 bridgehead atoms. The molecular formula is C26H26N4O2S. The first-order chi connectivity index (χ1) is 16.1. The Bertz CT molecular complexity index is 1330. The van der Waals surface area contributed by atoms with E-state index in [0.717, 1.165) is 43.7 Å². The number of aromatic nitrogens is 1. The van der Waals surface area contributed by atoms with Crippen molar-refractivity contribution in [2.45, 2.75) is 11.4 Å². The molecule has 3 aromatic carbocycles. The third-order valence-corrected chi connectivity index (χ3v) is 7.40. The van der Waals surface area contributed by atoms with Crippen LogP contribution in [0, 0.1) is 0 Å². The molecule has 0 radical (unpaired) electrons. The van der Waals surface area contributed by atoms with E-state index in [1.54, 1.807) is 24.4 Å². The minimum Gasteiger partial charge on any atom is -0.369 e. The maximum absolute atomic E-state index is 13.0. The Morgan fingerprint density at radius 3 is 2.27 bits per heavy atom. The third kappa shape index (κ3) is 4.84. The van der Waals surface area contributed by atoms with Gasteiger partial charge in [-0.15, -0.1) is 0 Å². The van der Waals surface area contributed by atoms with E-state index in [9.17, 15) is 8.42 Å². The van der Waals surface area contributed by atoms with E-state index in [0.29, 0.717) is 11.2 Å². The summed E-state index contributed by atoms with van der Waals surface area (Å²) in [6, 6.07) is 27.0. The van der Waals surface area contributed by atoms with Gasteiger partial charge < -0.3 is 4.90 Å². The molecule has 168 valence electrons. The van der Waals surface area contributed by atoms with Gasteiger partial charge in [0.25, 0.3) is 10.0 Å². The van der Waals surface area contributed by atoms with Crippen LogP contribution < -0.4 is 9.62 Å². The molecule has 1 N–H and O–H groups in total. The highest BCUT2D eigenvalue weighted by Gasteiger charge is 2.19. The smallest absolute Gasteiger partial charge is 0.264 e. The summed E-state index contributed by atoms with van der Waals surface area (Å²) in [4.78, 5) is 9.29. The van der Waals surface area contributed by atoms with Crippen LogP contribution in [-0.4, -0.2) is 44.5 Å². The largest absolute Gasteiger partial charge is 0.369 e. The van der Waals surface area contributed by atoms with Gasteiger partial charge in [0.15, 0.2) is 0 Å². The molecule has 0 unspecified atom stereocenters. The number of hydrogen-bond donors (Lipinski definition) is 1. The number of piperazine rings is 1. The molecule has 6 nitrogen and oxygen atoms in total. The fraction of sp³-hybridized carbons (Fsp3) is 0.192. The zero-order valence-electron chi connectivity index (χ0n) is 18.3. The van der Waals surface area contributed by atoms with Crippen molar-refractivity contribution in [1.29, 1.82) is 0 Å². The predicted octanol–water partition coefficient (Wildman–Crippen LogP) is 4.36. The van der Waals surface area contributed by atoms with Crippen molar-refractivity contribution in [3.8, 4) is 0 Å². The number of para-hydroxylation sites is 2. The van der Waals surface area contributed by atoms with Crippen LogP contribution in [0.5, 0.6) is 0 Å². The second-order valence-electron chi connectivity index (χ2n) is 8.23. The van der Waals surface area contributed by atoms with Gasteiger partial charge in [0, 0.05) is 55.7 Å². The number of nitrogens with zero attached hydrogens (tertiary/aromatic N) is 3. The summed E-state index contributed by atoms with van der Waals surface area (Å²) in [7, 11) is -3.74. The molecule has 1 saturated heterocycles. The molecule has 1 aromatic heterocycles. The van der Waals surface area contributed by atoms with Crippen molar-refractivity contribution in [3.05, 3.63) is 96.7 Å². The zero-order chi connectivity index (χ0) is 22.7. The Kier molecular flexibility index (Phi) is 5.98. The molecule has 1 aliphatic rings. The highest BCUT2D eigenvalue weighted by molar-refractivity contribution is 7.93. The Balaban J connectivity index is 1.22. The van der Waals surface area contributed by atoms with Crippen molar-refractivity contribution in [3.63, 3.8) is 0 Å². The molecule has 0 aliphatic carbocycles. The molecule has 2 heterocycles. The van der Waals surface area contributed by atoms with Gasteiger partial charge >= 0.3 is 0 Å². The predicted molar refractivity (Wildman–Crippen MR) is 133 cm³/mol. The molecule has 0 saturated carbocycles. The van der Waals surface area contributed by atoms with Crippen LogP contribution in [0.25, 0.3) is 10.9 Å². The van der Waals surface area contributed by atoms with E-state index >= 15 is 0 Å². The number of anilines is 2. The first-order valence-corrected chi connectivity index (χ1v) is 12.5. The van der Waals surface area contributed by atoms with Crippen LogP contribution in [0.3, 0.4) is 0 Å². The lowest BCUT2D eigenvalue weighted by Crippen LogP contribution is -2.45. The van der Waals surface area contributed by atoms with Crippen molar-refractivity contribution in [2.24, 2.45) is 0 Å². The molecule has 7 heteroatoms. The second-order valence-corrected chi connectivity index (χ2v) is 9.88. The monoisotopic (exact) mass is 458 g/mol. The Morgan fingerprint density at radius 1 is 0.788 bits per heavy atom. The normalized spacial score (nSPS) is 15.0. The standard InChI is InChI=1S/C26H26N4O2S/c31-33(32,25-10-4-6-22-7-5-15-27-26(22)25)28-23-13-11-21(12-14-23)20-29-16-18-30(19-17-29)24-8-2-1-3-9-24/h1-15,28H,16-20H2. The molecular weight excluding hydrogens is 432 g/mol. The lowest BCUT2D eigenvalue weighted by Gasteiger charge is -2.36. The molecule has 1 fully saturated rings. The lowest BCUT2D eigenvalue weighted by atomic mass is 10.1. The number of nitrogens with one attached hydrogen (secondary N) is 1. The SMILES string of the molecule is O=S(=O)(Nc1ccc(CN2CCN(c3ccccc3)CC2)cc1)c1cccc2cccnc12. The van der Waals surface area contributed by atoms with Gasteiger partial charge in [-0.3, -0.25) is 14.6 Å². The third-order valence-electron chi connectivity index (χ3n) is 5.99. The minimum atomic E-state index is -3.74. The molecule has 33 heavy (non-hydrogen) atoms. The van der Waals surface area contributed by atoms with Gasteiger partial charge in [0.05, 0.1) is 5.52 Å². The summed E-state index contributed by atoms with van der Waals surface area (Å²) in [6.45, 7) is 4.85. The van der Waals surface area contributed by atoms with E-state index in [1.807, 2.05) is 42.5 Å². The fourth-order valence-electron chi connectivity index (χ4n) is 4.24. The van der Waals surface area contributed by atoms with Crippen LogP contribution in [0.2, 0.25) is 0 Å². The first kappa shape index (κ1) is 21.4. The van der Waals surface area contributed by atoms with E-state index in [4.69, 9.17) is 0 Å². The molecule has 1 aliphatic heterocycles. The van der Waals surface area contributed by atoms with Crippen LogP contribution >= 0.6 is 0 Å². The number of benzene rings is 3. The molecule has 0 spiro atoms. The minimum absolute atomic E-state index is 0.181. The van der Waals surface area contributed by atoms with Gasteiger partial charge in [-0.25, -0.2) is 8.42 Å². The summed E-state index contributed by atoms with van der Waals surface area (Å²) in [5, 5.41) is 0.795. The second kappa shape index (κ2) is 9.21. The van der Waals surface area contributed by atoms with Crippen LogP contribution in [0.15, 0.2) is 96.0 Å². The van der Waals surface area contributed by atoms with Gasteiger partial charge in [-0.2, -0.15) is 0 Å².